The van der Waals surface area contributed by atoms with Crippen molar-refractivity contribution in [2.75, 3.05) is 19.8 Å². The fraction of sp³-hybridized carbons (Fsp3) is 1.00. The van der Waals surface area contributed by atoms with Gasteiger partial charge in [-0.3, -0.25) is 0 Å². The lowest BCUT2D eigenvalue weighted by Crippen LogP contribution is -2.26. The summed E-state index contributed by atoms with van der Waals surface area (Å²) < 4.78 is 5.23. The van der Waals surface area contributed by atoms with Gasteiger partial charge in [0.25, 0.3) is 0 Å². The summed E-state index contributed by atoms with van der Waals surface area (Å²) in [5.41, 5.74) is -0.201. The van der Waals surface area contributed by atoms with Crippen molar-refractivity contribution in [1.82, 2.24) is 0 Å². The van der Waals surface area contributed by atoms with Crippen LogP contribution in [0.2, 0.25) is 0 Å². The molecule has 0 aliphatic heterocycles. The smallest absolute Gasteiger partial charge is 0.0771 e. The minimum Gasteiger partial charge on any atom is -0.396 e. The number of ether oxygens (including phenoxy) is 1. The Labute approximate surface area is 74.4 Å². The summed E-state index contributed by atoms with van der Waals surface area (Å²) >= 11 is 0. The average Bonchev–Trinajstić information content (AvgIpc) is 2.04. The van der Waals surface area contributed by atoms with Crippen LogP contribution in [0.15, 0.2) is 0 Å². The van der Waals surface area contributed by atoms with E-state index >= 15 is 0 Å². The summed E-state index contributed by atoms with van der Waals surface area (Å²) in [5, 5.41) is 18.0. The molecule has 2 N–H and O–H groups in total. The van der Waals surface area contributed by atoms with E-state index < -0.39 is 0 Å². The lowest BCUT2D eigenvalue weighted by molar-refractivity contribution is -0.0148. The maximum absolute atomic E-state index is 9.14. The molecule has 0 saturated heterocycles. The molecule has 0 amide bonds. The number of rotatable bonds is 6. The van der Waals surface area contributed by atoms with E-state index in [0.717, 1.165) is 0 Å². The standard InChI is InChI=1S/C9H20O3/c1-4-8(11)5-12-7-9(2,3)6-10/h8,10-11H,4-7H2,1-3H3. The maximum Gasteiger partial charge on any atom is 0.0771 e. The van der Waals surface area contributed by atoms with Gasteiger partial charge in [-0.1, -0.05) is 20.8 Å². The summed E-state index contributed by atoms with van der Waals surface area (Å²) in [6.07, 6.45) is 0.332. The summed E-state index contributed by atoms with van der Waals surface area (Å²) in [5.74, 6) is 0. The molecule has 0 aliphatic carbocycles. The molecule has 0 aromatic carbocycles. The first kappa shape index (κ1) is 11.9. The normalized spacial score (nSPS) is 14.8. The molecule has 0 aromatic rings. The molecule has 3 heteroatoms. The summed E-state index contributed by atoms with van der Waals surface area (Å²) in [4.78, 5) is 0. The number of hydrogen-bond acceptors (Lipinski definition) is 3. The highest BCUT2D eigenvalue weighted by atomic mass is 16.5. The lowest BCUT2D eigenvalue weighted by atomic mass is 9.97. The summed E-state index contributed by atoms with van der Waals surface area (Å²) in [6.45, 7) is 6.71. The highest BCUT2D eigenvalue weighted by Crippen LogP contribution is 2.13. The second-order valence-electron chi connectivity index (χ2n) is 3.90. The Hall–Kier alpha value is -0.120. The van der Waals surface area contributed by atoms with Gasteiger partial charge in [0, 0.05) is 5.41 Å². The van der Waals surface area contributed by atoms with Crippen LogP contribution in [0.5, 0.6) is 0 Å². The second-order valence-corrected chi connectivity index (χ2v) is 3.90. The van der Waals surface area contributed by atoms with E-state index in [9.17, 15) is 0 Å². The van der Waals surface area contributed by atoms with Crippen LogP contribution >= 0.6 is 0 Å². The molecule has 3 nitrogen and oxygen atoms in total. The first-order valence-corrected chi connectivity index (χ1v) is 4.38. The molecule has 0 aromatic heterocycles. The molecule has 0 aliphatic rings. The van der Waals surface area contributed by atoms with E-state index in [1.807, 2.05) is 20.8 Å². The molecular weight excluding hydrogens is 156 g/mol. The predicted octanol–water partition coefficient (Wildman–Crippen LogP) is 0.792. The average molecular weight is 176 g/mol. The molecule has 0 rings (SSSR count). The van der Waals surface area contributed by atoms with Crippen molar-refractivity contribution in [1.29, 1.82) is 0 Å². The van der Waals surface area contributed by atoms with E-state index in [0.29, 0.717) is 19.6 Å². The number of aliphatic hydroxyl groups excluding tert-OH is 2. The fourth-order valence-corrected chi connectivity index (χ4v) is 0.635. The van der Waals surface area contributed by atoms with Gasteiger partial charge in [0.2, 0.25) is 0 Å². The molecule has 1 atom stereocenters. The van der Waals surface area contributed by atoms with Gasteiger partial charge in [-0.25, -0.2) is 0 Å². The van der Waals surface area contributed by atoms with Crippen LogP contribution in [0, 0.1) is 5.41 Å². The third-order valence-electron chi connectivity index (χ3n) is 1.70. The zero-order valence-electron chi connectivity index (χ0n) is 8.21. The zero-order valence-corrected chi connectivity index (χ0v) is 8.21. The summed E-state index contributed by atoms with van der Waals surface area (Å²) in [6, 6.07) is 0. The fourth-order valence-electron chi connectivity index (χ4n) is 0.635. The van der Waals surface area contributed by atoms with Crippen LogP contribution in [0.4, 0.5) is 0 Å². The van der Waals surface area contributed by atoms with Crippen LogP contribution in [-0.2, 0) is 4.74 Å². The predicted molar refractivity (Wildman–Crippen MR) is 48.0 cm³/mol. The first-order chi connectivity index (χ1) is 5.52. The Bertz CT molecular complexity index is 112. The maximum atomic E-state index is 9.14. The van der Waals surface area contributed by atoms with Crippen LogP contribution in [-0.4, -0.2) is 36.1 Å². The van der Waals surface area contributed by atoms with Crippen molar-refractivity contribution in [3.63, 3.8) is 0 Å². The van der Waals surface area contributed by atoms with Gasteiger partial charge in [-0.2, -0.15) is 0 Å². The Morgan fingerprint density at radius 3 is 2.42 bits per heavy atom. The van der Waals surface area contributed by atoms with E-state index in [4.69, 9.17) is 14.9 Å². The Kier molecular flexibility index (Phi) is 5.46. The van der Waals surface area contributed by atoms with Gasteiger partial charge in [0.15, 0.2) is 0 Å². The van der Waals surface area contributed by atoms with E-state index in [1.165, 1.54) is 0 Å². The quantitative estimate of drug-likeness (QED) is 0.629. The number of aliphatic hydroxyl groups is 2. The van der Waals surface area contributed by atoms with Gasteiger partial charge in [0.1, 0.15) is 0 Å². The minimum absolute atomic E-state index is 0.106. The van der Waals surface area contributed by atoms with Gasteiger partial charge in [-0.05, 0) is 6.42 Å². The van der Waals surface area contributed by atoms with E-state index in [1.54, 1.807) is 0 Å². The SMILES string of the molecule is CCC(O)COCC(C)(C)CO. The van der Waals surface area contributed by atoms with E-state index in [2.05, 4.69) is 0 Å². The molecule has 0 bridgehead atoms. The summed E-state index contributed by atoms with van der Waals surface area (Å²) in [7, 11) is 0. The van der Waals surface area contributed by atoms with Gasteiger partial charge >= 0.3 is 0 Å². The van der Waals surface area contributed by atoms with Crippen molar-refractivity contribution < 1.29 is 14.9 Å². The van der Waals surface area contributed by atoms with Crippen LogP contribution in [0.25, 0.3) is 0 Å². The molecule has 0 heterocycles. The molecule has 0 saturated carbocycles. The zero-order chi connectivity index (χ0) is 9.61. The van der Waals surface area contributed by atoms with Gasteiger partial charge in [-0.15, -0.1) is 0 Å². The largest absolute Gasteiger partial charge is 0.396 e. The van der Waals surface area contributed by atoms with Gasteiger partial charge in [0.05, 0.1) is 25.9 Å². The van der Waals surface area contributed by atoms with Crippen LogP contribution in [0.1, 0.15) is 27.2 Å². The number of hydrogen-bond donors (Lipinski definition) is 2. The first-order valence-electron chi connectivity index (χ1n) is 4.38. The molecule has 0 fully saturated rings. The molecule has 0 radical (unpaired) electrons. The second kappa shape index (κ2) is 5.51. The van der Waals surface area contributed by atoms with Gasteiger partial charge < -0.3 is 14.9 Å². The molecule has 74 valence electrons. The van der Waals surface area contributed by atoms with Crippen molar-refractivity contribution in [3.05, 3.63) is 0 Å². The third kappa shape index (κ3) is 5.52. The van der Waals surface area contributed by atoms with Crippen molar-refractivity contribution in [3.8, 4) is 0 Å². The topological polar surface area (TPSA) is 49.7 Å². The molecule has 0 spiro atoms. The highest BCUT2D eigenvalue weighted by Gasteiger charge is 2.16. The Morgan fingerprint density at radius 1 is 1.42 bits per heavy atom. The Balaban J connectivity index is 3.42. The van der Waals surface area contributed by atoms with Crippen molar-refractivity contribution in [2.45, 2.75) is 33.3 Å². The molecule has 1 unspecified atom stereocenters. The van der Waals surface area contributed by atoms with Crippen LogP contribution in [0.3, 0.4) is 0 Å². The van der Waals surface area contributed by atoms with E-state index in [-0.39, 0.29) is 18.1 Å². The molecule has 12 heavy (non-hydrogen) atoms. The minimum atomic E-state index is -0.375. The Morgan fingerprint density at radius 2 is 2.00 bits per heavy atom. The third-order valence-corrected chi connectivity index (χ3v) is 1.70. The highest BCUT2D eigenvalue weighted by molar-refractivity contribution is 4.65. The van der Waals surface area contributed by atoms with Crippen molar-refractivity contribution in [2.24, 2.45) is 5.41 Å². The monoisotopic (exact) mass is 176 g/mol. The molecular formula is C9H20O3. The van der Waals surface area contributed by atoms with Crippen molar-refractivity contribution >= 4 is 0 Å². The lowest BCUT2D eigenvalue weighted by Gasteiger charge is -2.21. The van der Waals surface area contributed by atoms with Crippen LogP contribution < -0.4 is 0 Å².